The molecule has 2 aromatic rings. The number of halogens is 1. The van der Waals surface area contributed by atoms with Crippen molar-refractivity contribution >= 4 is 29.2 Å². The van der Waals surface area contributed by atoms with Gasteiger partial charge in [0.1, 0.15) is 6.04 Å². The Morgan fingerprint density at radius 1 is 1.30 bits per heavy atom. The van der Waals surface area contributed by atoms with Crippen molar-refractivity contribution in [3.8, 4) is 0 Å². The second kappa shape index (κ2) is 6.83. The average Bonchev–Trinajstić information content (AvgIpc) is 2.76. The number of carbonyl (C=O) groups is 2. The molecule has 1 heterocycles. The minimum absolute atomic E-state index is 0.167. The van der Waals surface area contributed by atoms with Crippen molar-refractivity contribution in [3.05, 3.63) is 46.2 Å². The van der Waals surface area contributed by atoms with Gasteiger partial charge in [-0.2, -0.15) is 5.10 Å². The molecule has 0 saturated carbocycles. The number of nitrogens with zero attached hydrogens (tertiary/aromatic N) is 2. The minimum atomic E-state index is -1.01. The van der Waals surface area contributed by atoms with Crippen molar-refractivity contribution in [2.75, 3.05) is 5.32 Å². The number of rotatable bonds is 5. The van der Waals surface area contributed by atoms with Gasteiger partial charge in [0.15, 0.2) is 0 Å². The summed E-state index contributed by atoms with van der Waals surface area (Å²) in [5.41, 5.74) is 2.13. The van der Waals surface area contributed by atoms with E-state index in [9.17, 15) is 9.59 Å². The van der Waals surface area contributed by atoms with E-state index in [1.807, 2.05) is 13.8 Å². The van der Waals surface area contributed by atoms with E-state index in [1.54, 1.807) is 23.7 Å². The molecule has 1 atom stereocenters. The molecule has 122 valence electrons. The van der Waals surface area contributed by atoms with Gasteiger partial charge in [0.2, 0.25) is 5.91 Å². The van der Waals surface area contributed by atoms with Gasteiger partial charge < -0.3 is 10.4 Å². The first-order valence-corrected chi connectivity index (χ1v) is 7.58. The Kier molecular flexibility index (Phi) is 5.05. The number of hydrogen-bond acceptors (Lipinski definition) is 3. The van der Waals surface area contributed by atoms with Crippen LogP contribution in [0.2, 0.25) is 5.02 Å². The molecule has 0 aliphatic carbocycles. The summed E-state index contributed by atoms with van der Waals surface area (Å²) in [5, 5.41) is 16.5. The Morgan fingerprint density at radius 3 is 2.35 bits per heavy atom. The van der Waals surface area contributed by atoms with Crippen molar-refractivity contribution in [3.63, 3.8) is 0 Å². The van der Waals surface area contributed by atoms with E-state index in [2.05, 4.69) is 10.4 Å². The zero-order chi connectivity index (χ0) is 17.1. The lowest BCUT2D eigenvalue weighted by molar-refractivity contribution is -0.119. The Morgan fingerprint density at radius 2 is 1.91 bits per heavy atom. The number of carboxylic acid groups (broad SMARTS) is 1. The van der Waals surface area contributed by atoms with Gasteiger partial charge in [-0.15, -0.1) is 0 Å². The van der Waals surface area contributed by atoms with E-state index in [0.717, 1.165) is 5.69 Å². The van der Waals surface area contributed by atoms with E-state index in [4.69, 9.17) is 16.7 Å². The van der Waals surface area contributed by atoms with E-state index in [0.29, 0.717) is 22.8 Å². The summed E-state index contributed by atoms with van der Waals surface area (Å²) >= 11 is 6.14. The zero-order valence-electron chi connectivity index (χ0n) is 13.1. The van der Waals surface area contributed by atoms with Crippen LogP contribution >= 0.6 is 11.6 Å². The van der Waals surface area contributed by atoms with Crippen LogP contribution in [-0.4, -0.2) is 26.8 Å². The molecular weight excluding hydrogens is 318 g/mol. The fourth-order valence-corrected chi connectivity index (χ4v) is 2.46. The van der Waals surface area contributed by atoms with E-state index in [1.165, 1.54) is 12.1 Å². The van der Waals surface area contributed by atoms with Crippen molar-refractivity contribution in [1.82, 2.24) is 9.78 Å². The SMILES string of the molecule is CC[C@H](C(=O)Nc1ccc(C(=O)O)cc1)n1nc(C)c(Cl)c1C. The molecule has 0 spiro atoms. The summed E-state index contributed by atoms with van der Waals surface area (Å²) in [7, 11) is 0. The van der Waals surface area contributed by atoms with Crippen LogP contribution in [0.25, 0.3) is 0 Å². The smallest absolute Gasteiger partial charge is 0.335 e. The molecule has 1 aromatic heterocycles. The number of carbonyl (C=O) groups excluding carboxylic acids is 1. The highest BCUT2D eigenvalue weighted by atomic mass is 35.5. The number of hydrogen-bond donors (Lipinski definition) is 2. The summed E-state index contributed by atoms with van der Waals surface area (Å²) in [6.45, 7) is 5.50. The molecule has 6 nitrogen and oxygen atoms in total. The Bertz CT molecular complexity index is 738. The van der Waals surface area contributed by atoms with E-state index < -0.39 is 12.0 Å². The van der Waals surface area contributed by atoms with Gasteiger partial charge in [-0.3, -0.25) is 9.48 Å². The lowest BCUT2D eigenvalue weighted by Crippen LogP contribution is -2.27. The molecule has 0 fully saturated rings. The van der Waals surface area contributed by atoms with Crippen LogP contribution in [0.4, 0.5) is 5.69 Å². The molecule has 0 radical (unpaired) electrons. The van der Waals surface area contributed by atoms with E-state index in [-0.39, 0.29) is 11.5 Å². The second-order valence-electron chi connectivity index (χ2n) is 5.23. The second-order valence-corrected chi connectivity index (χ2v) is 5.60. The summed E-state index contributed by atoms with van der Waals surface area (Å²) in [6.07, 6.45) is 0.553. The highest BCUT2D eigenvalue weighted by Gasteiger charge is 2.23. The van der Waals surface area contributed by atoms with Crippen LogP contribution in [0.3, 0.4) is 0 Å². The minimum Gasteiger partial charge on any atom is -0.478 e. The predicted molar refractivity (Wildman–Crippen MR) is 88.1 cm³/mol. The maximum atomic E-state index is 12.5. The number of aromatic carboxylic acids is 1. The van der Waals surface area contributed by atoms with E-state index >= 15 is 0 Å². The molecule has 1 aromatic carbocycles. The standard InChI is InChI=1S/C16H18ClN3O3/c1-4-13(20-10(3)14(17)9(2)19-20)15(21)18-12-7-5-11(6-8-12)16(22)23/h5-8,13H,4H2,1-3H3,(H,18,21)(H,22,23)/t13-/m1/s1. The quantitative estimate of drug-likeness (QED) is 0.876. The van der Waals surface area contributed by atoms with Gasteiger partial charge >= 0.3 is 5.97 Å². The molecular formula is C16H18ClN3O3. The third kappa shape index (κ3) is 3.53. The van der Waals surface area contributed by atoms with Crippen LogP contribution in [0, 0.1) is 13.8 Å². The number of aromatic nitrogens is 2. The van der Waals surface area contributed by atoms with Crippen molar-refractivity contribution < 1.29 is 14.7 Å². The third-order valence-corrected chi connectivity index (χ3v) is 4.17. The molecule has 1 amide bonds. The number of carboxylic acids is 1. The fourth-order valence-electron chi connectivity index (χ4n) is 2.34. The summed E-state index contributed by atoms with van der Waals surface area (Å²) < 4.78 is 1.62. The van der Waals surface area contributed by atoms with Gasteiger partial charge in [-0.25, -0.2) is 4.79 Å². The lowest BCUT2D eigenvalue weighted by atomic mass is 10.1. The van der Waals surface area contributed by atoms with Crippen LogP contribution in [0.5, 0.6) is 0 Å². The molecule has 0 saturated heterocycles. The Labute approximate surface area is 139 Å². The molecule has 0 bridgehead atoms. The maximum absolute atomic E-state index is 12.5. The van der Waals surface area contributed by atoms with Crippen LogP contribution in [0.15, 0.2) is 24.3 Å². The first-order valence-electron chi connectivity index (χ1n) is 7.20. The van der Waals surface area contributed by atoms with Gasteiger partial charge in [0, 0.05) is 5.69 Å². The summed E-state index contributed by atoms with van der Waals surface area (Å²) in [4.78, 5) is 23.3. The van der Waals surface area contributed by atoms with Crippen molar-refractivity contribution in [2.24, 2.45) is 0 Å². The molecule has 0 aliphatic rings. The number of amides is 1. The number of nitrogens with one attached hydrogen (secondary N) is 1. The highest BCUT2D eigenvalue weighted by molar-refractivity contribution is 6.31. The maximum Gasteiger partial charge on any atom is 0.335 e. The predicted octanol–water partition coefficient (Wildman–Crippen LogP) is 3.44. The topological polar surface area (TPSA) is 84.2 Å². The Hall–Kier alpha value is -2.34. The van der Waals surface area contributed by atoms with Crippen molar-refractivity contribution in [2.45, 2.75) is 33.2 Å². The monoisotopic (exact) mass is 335 g/mol. The van der Waals surface area contributed by atoms with Crippen molar-refractivity contribution in [1.29, 1.82) is 0 Å². The number of anilines is 1. The largest absolute Gasteiger partial charge is 0.478 e. The molecule has 7 heteroatoms. The van der Waals surface area contributed by atoms with Crippen LogP contribution in [-0.2, 0) is 4.79 Å². The third-order valence-electron chi connectivity index (χ3n) is 3.62. The molecule has 23 heavy (non-hydrogen) atoms. The van der Waals surface area contributed by atoms with Gasteiger partial charge in [-0.1, -0.05) is 18.5 Å². The van der Waals surface area contributed by atoms with Gasteiger partial charge in [0.05, 0.1) is 22.0 Å². The summed E-state index contributed by atoms with van der Waals surface area (Å²) in [5.74, 6) is -1.23. The van der Waals surface area contributed by atoms with Gasteiger partial charge in [-0.05, 0) is 44.5 Å². The molecule has 2 rings (SSSR count). The zero-order valence-corrected chi connectivity index (χ0v) is 13.9. The number of aryl methyl sites for hydroxylation is 1. The normalized spacial score (nSPS) is 12.0. The summed E-state index contributed by atoms with van der Waals surface area (Å²) in [6, 6.07) is 5.52. The lowest BCUT2D eigenvalue weighted by Gasteiger charge is -2.17. The fraction of sp³-hybridized carbons (Fsp3) is 0.312. The Balaban J connectivity index is 2.20. The average molecular weight is 336 g/mol. The molecule has 0 aliphatic heterocycles. The van der Waals surface area contributed by atoms with Crippen LogP contribution < -0.4 is 5.32 Å². The molecule has 0 unspecified atom stereocenters. The van der Waals surface area contributed by atoms with Crippen LogP contribution in [0.1, 0.15) is 41.1 Å². The molecule has 2 N–H and O–H groups in total. The first-order chi connectivity index (χ1) is 10.8. The van der Waals surface area contributed by atoms with Gasteiger partial charge in [0.25, 0.3) is 0 Å². The number of benzene rings is 1. The first kappa shape index (κ1) is 17.0. The highest BCUT2D eigenvalue weighted by Crippen LogP contribution is 2.24.